The molecule has 2 aromatic heterocycles. The predicted octanol–water partition coefficient (Wildman–Crippen LogP) is 7.36. The fraction of sp³-hybridized carbons (Fsp3) is 0.231. The van der Waals surface area contributed by atoms with E-state index in [1.807, 2.05) is 24.2 Å². The van der Waals surface area contributed by atoms with Gasteiger partial charge in [-0.05, 0) is 104 Å². The number of nitrogens with one attached hydrogen (secondary N) is 1. The van der Waals surface area contributed by atoms with Gasteiger partial charge in [0, 0.05) is 51.9 Å². The lowest BCUT2D eigenvalue weighted by Gasteiger charge is -2.21. The molecule has 0 saturated carbocycles. The van der Waals surface area contributed by atoms with Gasteiger partial charge in [-0.2, -0.15) is 0 Å². The number of nitrogens with zero attached hydrogens (tertiary/aromatic N) is 3. The first-order chi connectivity index (χ1) is 15.8. The number of fused-ring (bicyclic) bond motifs is 1. The Hall–Kier alpha value is -2.70. The van der Waals surface area contributed by atoms with E-state index in [4.69, 9.17) is 4.98 Å². The van der Waals surface area contributed by atoms with Crippen LogP contribution in [0.1, 0.15) is 24.8 Å². The number of hydrogen-bond acceptors (Lipinski definition) is 6. The van der Waals surface area contributed by atoms with Gasteiger partial charge in [0.25, 0.3) is 0 Å². The zero-order valence-electron chi connectivity index (χ0n) is 18.1. The van der Waals surface area contributed by atoms with E-state index in [2.05, 4.69) is 75.5 Å². The van der Waals surface area contributed by atoms with Crippen LogP contribution in [-0.4, -0.2) is 22.3 Å². The van der Waals surface area contributed by atoms with E-state index in [-0.39, 0.29) is 0 Å². The summed E-state index contributed by atoms with van der Waals surface area (Å²) in [5, 5.41) is 1.06. The second-order valence-corrected chi connectivity index (χ2v) is 9.98. The summed E-state index contributed by atoms with van der Waals surface area (Å²) >= 11 is 3.60. The number of pyridine rings is 2. The van der Waals surface area contributed by atoms with Crippen molar-refractivity contribution in [3.8, 4) is 11.3 Å². The highest BCUT2D eigenvalue weighted by molar-refractivity contribution is 8.00. The average Bonchev–Trinajstić information content (AvgIpc) is 3.13. The second-order valence-electron chi connectivity index (χ2n) is 7.99. The maximum Gasteiger partial charge on any atom is 0.0740 e. The van der Waals surface area contributed by atoms with Crippen molar-refractivity contribution in [3.05, 3.63) is 78.6 Å². The van der Waals surface area contributed by atoms with Gasteiger partial charge in [-0.15, -0.1) is 0 Å². The Kier molecular flexibility index (Phi) is 6.51. The molecule has 32 heavy (non-hydrogen) atoms. The van der Waals surface area contributed by atoms with Gasteiger partial charge < -0.3 is 9.03 Å². The highest BCUT2D eigenvalue weighted by Gasteiger charge is 2.11. The molecule has 0 bridgehead atoms. The minimum absolute atomic E-state index is 0.965. The summed E-state index contributed by atoms with van der Waals surface area (Å²) in [5.41, 5.74) is 6.67. The molecule has 3 heterocycles. The molecule has 0 atom stereocenters. The molecule has 1 saturated heterocycles. The summed E-state index contributed by atoms with van der Waals surface area (Å²) in [6.45, 7) is 3.27. The van der Waals surface area contributed by atoms with E-state index >= 15 is 0 Å². The van der Waals surface area contributed by atoms with Crippen molar-refractivity contribution in [1.82, 2.24) is 9.97 Å². The van der Waals surface area contributed by atoms with Crippen LogP contribution in [0, 0.1) is 6.92 Å². The molecule has 0 amide bonds. The third-order valence-electron chi connectivity index (χ3n) is 5.67. The number of aryl methyl sites for hydroxylation is 1. The van der Waals surface area contributed by atoms with E-state index < -0.39 is 0 Å². The van der Waals surface area contributed by atoms with Crippen LogP contribution in [0.2, 0.25) is 0 Å². The van der Waals surface area contributed by atoms with Gasteiger partial charge in [-0.1, -0.05) is 12.5 Å². The number of aromatic nitrogens is 2. The topological polar surface area (TPSA) is 41.0 Å². The van der Waals surface area contributed by atoms with Gasteiger partial charge in [-0.3, -0.25) is 4.98 Å². The lowest BCUT2D eigenvalue weighted by Crippen LogP contribution is -2.14. The van der Waals surface area contributed by atoms with Crippen LogP contribution < -0.4 is 9.03 Å². The van der Waals surface area contributed by atoms with Gasteiger partial charge in [0.2, 0.25) is 0 Å². The smallest absolute Gasteiger partial charge is 0.0740 e. The van der Waals surface area contributed by atoms with Crippen LogP contribution in [-0.2, 0) is 0 Å². The number of rotatable bonds is 5. The molecule has 1 fully saturated rings. The average molecular weight is 459 g/mol. The third-order valence-corrected chi connectivity index (χ3v) is 7.69. The van der Waals surface area contributed by atoms with Crippen molar-refractivity contribution in [2.45, 2.75) is 31.1 Å². The highest BCUT2D eigenvalue weighted by Crippen LogP contribution is 2.31. The van der Waals surface area contributed by atoms with Gasteiger partial charge in [0.15, 0.2) is 0 Å². The van der Waals surface area contributed by atoms with Crippen molar-refractivity contribution >= 4 is 46.2 Å². The molecule has 2 aromatic carbocycles. The minimum Gasteiger partial charge on any atom is -0.326 e. The normalized spacial score (nSPS) is 14.3. The maximum atomic E-state index is 4.85. The highest BCUT2D eigenvalue weighted by atomic mass is 32.2. The molecule has 0 unspecified atom stereocenters. The van der Waals surface area contributed by atoms with E-state index in [0.717, 1.165) is 34.4 Å². The Morgan fingerprint density at radius 2 is 1.88 bits per heavy atom. The van der Waals surface area contributed by atoms with Crippen LogP contribution in [0.3, 0.4) is 0 Å². The van der Waals surface area contributed by atoms with Crippen molar-refractivity contribution < 1.29 is 0 Å². The Morgan fingerprint density at radius 1 is 0.969 bits per heavy atom. The molecule has 1 aliphatic heterocycles. The first-order valence-electron chi connectivity index (χ1n) is 11.0. The van der Waals surface area contributed by atoms with Crippen LogP contribution >= 0.6 is 23.9 Å². The lowest BCUT2D eigenvalue weighted by molar-refractivity contribution is 0.751. The second kappa shape index (κ2) is 9.84. The zero-order chi connectivity index (χ0) is 21.8. The van der Waals surface area contributed by atoms with Gasteiger partial charge >= 0.3 is 0 Å². The molecule has 1 N–H and O–H groups in total. The summed E-state index contributed by atoms with van der Waals surface area (Å²) < 4.78 is 5.94. The Bertz CT molecular complexity index is 1200. The first kappa shape index (κ1) is 21.2. The maximum absolute atomic E-state index is 4.85. The van der Waals surface area contributed by atoms with E-state index in [1.54, 1.807) is 18.1 Å². The minimum atomic E-state index is 0.965. The van der Waals surface area contributed by atoms with Crippen LogP contribution in [0.15, 0.2) is 78.0 Å². The monoisotopic (exact) mass is 458 g/mol. The molecule has 5 rings (SSSR count). The van der Waals surface area contributed by atoms with Gasteiger partial charge in [0.05, 0.1) is 11.2 Å². The zero-order valence-corrected chi connectivity index (χ0v) is 19.8. The summed E-state index contributed by atoms with van der Waals surface area (Å²) in [4.78, 5) is 10.2. The van der Waals surface area contributed by atoms with Crippen molar-refractivity contribution in [2.24, 2.45) is 0 Å². The molecule has 0 aliphatic carbocycles. The SMILES string of the molecule is Cc1ccc(NSc2ccc(N3CCCCCS3)cc2)cc1-c1ccc2cnccc2n1. The molecule has 6 heteroatoms. The Morgan fingerprint density at radius 3 is 2.78 bits per heavy atom. The molecular weight excluding hydrogens is 432 g/mol. The van der Waals surface area contributed by atoms with E-state index in [0.29, 0.717) is 0 Å². The largest absolute Gasteiger partial charge is 0.326 e. The molecule has 162 valence electrons. The predicted molar refractivity (Wildman–Crippen MR) is 139 cm³/mol. The summed E-state index contributed by atoms with van der Waals surface area (Å²) in [6, 6.07) is 21.4. The Balaban J connectivity index is 1.29. The number of hydrogen-bond donors (Lipinski definition) is 1. The van der Waals surface area contributed by atoms with Crippen LogP contribution in [0.5, 0.6) is 0 Å². The summed E-state index contributed by atoms with van der Waals surface area (Å²) in [7, 11) is 0. The standard InChI is InChI=1S/C26H26N4S2/c1-19-5-7-21(17-24(19)26-12-6-20-18-27-14-13-25(20)28-26)29-32-23-10-8-22(9-11-23)30-15-3-2-4-16-31-30/h5-14,17-18,29H,2-4,15-16H2,1H3. The van der Waals surface area contributed by atoms with Crippen molar-refractivity contribution in [1.29, 1.82) is 0 Å². The van der Waals surface area contributed by atoms with Crippen molar-refractivity contribution in [2.75, 3.05) is 21.3 Å². The van der Waals surface area contributed by atoms with Crippen molar-refractivity contribution in [3.63, 3.8) is 0 Å². The summed E-state index contributed by atoms with van der Waals surface area (Å²) in [5.74, 6) is 1.22. The molecular formula is C26H26N4S2. The van der Waals surface area contributed by atoms with Crippen LogP contribution in [0.4, 0.5) is 11.4 Å². The molecule has 4 aromatic rings. The molecule has 1 aliphatic rings. The summed E-state index contributed by atoms with van der Waals surface area (Å²) in [6.07, 6.45) is 7.58. The van der Waals surface area contributed by atoms with Gasteiger partial charge in [-0.25, -0.2) is 4.98 Å². The fourth-order valence-corrected chi connectivity index (χ4v) is 5.57. The van der Waals surface area contributed by atoms with Gasteiger partial charge in [0.1, 0.15) is 0 Å². The fourth-order valence-electron chi connectivity index (χ4n) is 3.85. The van der Waals surface area contributed by atoms with E-state index in [9.17, 15) is 0 Å². The number of anilines is 2. The third kappa shape index (κ3) is 4.87. The quantitative estimate of drug-likeness (QED) is 0.315. The first-order valence-corrected chi connectivity index (χ1v) is 12.8. The lowest BCUT2D eigenvalue weighted by atomic mass is 10.0. The molecule has 4 nitrogen and oxygen atoms in total. The van der Waals surface area contributed by atoms with E-state index in [1.165, 1.54) is 41.2 Å². The molecule has 0 radical (unpaired) electrons. The molecule has 0 spiro atoms. The van der Waals surface area contributed by atoms with Crippen LogP contribution in [0.25, 0.3) is 22.2 Å². The Labute approximate surface area is 198 Å². The number of benzene rings is 2.